The summed E-state index contributed by atoms with van der Waals surface area (Å²) in [6, 6.07) is 38.5. The molecule has 0 saturated carbocycles. The van der Waals surface area contributed by atoms with E-state index in [4.69, 9.17) is 0 Å². The molecule has 0 heterocycles. The fraction of sp³-hybridized carbons (Fsp3) is 0.0968. The Morgan fingerprint density at radius 3 is 1.09 bits per heavy atom. The fourth-order valence-corrected chi connectivity index (χ4v) is 5.19. The second kappa shape index (κ2) is 12.9. The summed E-state index contributed by atoms with van der Waals surface area (Å²) >= 11 is 3.88. The average Bonchev–Trinajstić information content (AvgIpc) is 2.89. The Morgan fingerprint density at radius 2 is 0.727 bits per heavy atom. The molecule has 0 aromatic heterocycles. The van der Waals surface area contributed by atoms with Crippen LogP contribution >= 0.6 is 23.5 Å². The maximum Gasteiger partial charge on any atom is 0.00723 e. The van der Waals surface area contributed by atoms with E-state index < -0.39 is 0 Å². The third-order valence-corrected chi connectivity index (χ3v) is 7.32. The van der Waals surface area contributed by atoms with Gasteiger partial charge in [0.2, 0.25) is 0 Å². The molecule has 4 aromatic carbocycles. The van der Waals surface area contributed by atoms with Crippen LogP contribution in [0.1, 0.15) is 28.7 Å². The Labute approximate surface area is 206 Å². The van der Waals surface area contributed by atoms with Gasteiger partial charge in [0.1, 0.15) is 0 Å². The number of rotatable bonds is 10. The fourth-order valence-electron chi connectivity index (χ4n) is 3.30. The molecular weight excluding hydrogens is 436 g/mol. The second-order valence-corrected chi connectivity index (χ2v) is 10.0. The van der Waals surface area contributed by atoms with Crippen LogP contribution in [0.2, 0.25) is 0 Å². The molecule has 0 fully saturated rings. The molecule has 0 aliphatic rings. The van der Waals surface area contributed by atoms with Crippen LogP contribution < -0.4 is 0 Å². The summed E-state index contributed by atoms with van der Waals surface area (Å²) in [6.45, 7) is 0. The van der Waals surface area contributed by atoms with Gasteiger partial charge >= 0.3 is 0 Å². The summed E-state index contributed by atoms with van der Waals surface area (Å²) in [6.07, 6.45) is 9.85. The third-order valence-electron chi connectivity index (χ3n) is 5.12. The molecular formula is C31H28S2. The van der Waals surface area contributed by atoms with Crippen LogP contribution in [0.4, 0.5) is 0 Å². The molecule has 0 unspecified atom stereocenters. The van der Waals surface area contributed by atoms with Gasteiger partial charge in [-0.1, -0.05) is 109 Å². The van der Waals surface area contributed by atoms with Gasteiger partial charge in [-0.15, -0.1) is 23.5 Å². The van der Waals surface area contributed by atoms with Crippen molar-refractivity contribution in [2.24, 2.45) is 0 Å². The maximum atomic E-state index is 2.23. The Balaban J connectivity index is 1.15. The molecule has 0 nitrogen and oxygen atoms in total. The van der Waals surface area contributed by atoms with E-state index in [2.05, 4.69) is 121 Å². The topological polar surface area (TPSA) is 0 Å². The lowest BCUT2D eigenvalue weighted by atomic mass is 10.1. The van der Waals surface area contributed by atoms with Crippen LogP contribution in [0.5, 0.6) is 0 Å². The zero-order valence-corrected chi connectivity index (χ0v) is 20.3. The summed E-state index contributed by atoms with van der Waals surface area (Å²) < 4.78 is 0. The summed E-state index contributed by atoms with van der Waals surface area (Å²) in [5.41, 5.74) is 4.93. The van der Waals surface area contributed by atoms with Crippen LogP contribution in [0.3, 0.4) is 0 Å². The minimum Gasteiger partial charge on any atom is -0.126 e. The summed E-state index contributed by atoms with van der Waals surface area (Å²) in [4.78, 5) is 2.68. The molecule has 33 heavy (non-hydrogen) atoms. The molecule has 4 aromatic rings. The van der Waals surface area contributed by atoms with E-state index in [-0.39, 0.29) is 0 Å². The summed E-state index contributed by atoms with van der Waals surface area (Å²) in [7, 11) is 0. The first-order valence-electron chi connectivity index (χ1n) is 11.3. The van der Waals surface area contributed by atoms with Crippen LogP contribution in [0, 0.1) is 0 Å². The Bertz CT molecular complexity index is 1050. The van der Waals surface area contributed by atoms with Crippen molar-refractivity contribution in [2.45, 2.75) is 16.2 Å². The quantitative estimate of drug-likeness (QED) is 0.130. The van der Waals surface area contributed by atoms with E-state index >= 15 is 0 Å². The van der Waals surface area contributed by atoms with E-state index in [1.54, 1.807) is 0 Å². The number of hydrogen-bond acceptors (Lipinski definition) is 2. The van der Waals surface area contributed by atoms with Gasteiger partial charge in [0, 0.05) is 9.79 Å². The smallest absolute Gasteiger partial charge is 0.00723 e. The summed E-state index contributed by atoms with van der Waals surface area (Å²) in [5.74, 6) is 2.29. The van der Waals surface area contributed by atoms with E-state index in [0.717, 1.165) is 11.5 Å². The van der Waals surface area contributed by atoms with Gasteiger partial charge in [0.05, 0.1) is 0 Å². The lowest BCUT2D eigenvalue weighted by Gasteiger charge is -2.04. The van der Waals surface area contributed by atoms with E-state index in [0.29, 0.717) is 0 Å². The highest BCUT2D eigenvalue weighted by Crippen LogP contribution is 2.24. The monoisotopic (exact) mass is 464 g/mol. The highest BCUT2D eigenvalue weighted by Gasteiger charge is 1.98. The van der Waals surface area contributed by atoms with Crippen molar-refractivity contribution in [1.29, 1.82) is 0 Å². The van der Waals surface area contributed by atoms with E-state index in [1.165, 1.54) is 38.5 Å². The average molecular weight is 465 g/mol. The molecule has 0 bridgehead atoms. The van der Waals surface area contributed by atoms with Crippen LogP contribution in [-0.4, -0.2) is 11.5 Å². The minimum absolute atomic E-state index is 1.14. The SMILES string of the molecule is C(=C\c1ccc(SCCCSc2ccc(/C=C/c3ccccc3)cc2)cc1)/c1ccccc1. The predicted molar refractivity (Wildman–Crippen MR) is 150 cm³/mol. The lowest BCUT2D eigenvalue weighted by molar-refractivity contribution is 1.12. The van der Waals surface area contributed by atoms with E-state index in [9.17, 15) is 0 Å². The van der Waals surface area contributed by atoms with Gasteiger partial charge in [-0.05, 0) is 64.4 Å². The first kappa shape index (κ1) is 23.2. The molecule has 0 saturated heterocycles. The van der Waals surface area contributed by atoms with Gasteiger partial charge < -0.3 is 0 Å². The van der Waals surface area contributed by atoms with Crippen molar-refractivity contribution in [3.63, 3.8) is 0 Å². The normalized spacial score (nSPS) is 11.4. The van der Waals surface area contributed by atoms with Crippen LogP contribution in [-0.2, 0) is 0 Å². The first-order chi connectivity index (χ1) is 16.3. The molecule has 0 atom stereocenters. The molecule has 0 amide bonds. The number of thioether (sulfide) groups is 2. The van der Waals surface area contributed by atoms with Crippen molar-refractivity contribution in [1.82, 2.24) is 0 Å². The number of hydrogen-bond donors (Lipinski definition) is 0. The van der Waals surface area contributed by atoms with Gasteiger partial charge in [0.25, 0.3) is 0 Å². The van der Waals surface area contributed by atoms with Crippen LogP contribution in [0.15, 0.2) is 119 Å². The largest absolute Gasteiger partial charge is 0.126 e. The van der Waals surface area contributed by atoms with Gasteiger partial charge in [-0.3, -0.25) is 0 Å². The highest BCUT2D eigenvalue weighted by molar-refractivity contribution is 8.00. The zero-order valence-electron chi connectivity index (χ0n) is 18.6. The van der Waals surface area contributed by atoms with E-state index in [1.807, 2.05) is 35.7 Å². The Hall–Kier alpha value is -2.94. The Morgan fingerprint density at radius 1 is 0.394 bits per heavy atom. The maximum absolute atomic E-state index is 2.23. The molecule has 0 aliphatic carbocycles. The molecule has 0 radical (unpaired) electrons. The molecule has 0 spiro atoms. The molecule has 4 rings (SSSR count). The summed E-state index contributed by atoms with van der Waals surface area (Å²) in [5, 5.41) is 0. The van der Waals surface area contributed by atoms with Gasteiger partial charge in [-0.2, -0.15) is 0 Å². The third kappa shape index (κ3) is 8.16. The minimum atomic E-state index is 1.14. The molecule has 164 valence electrons. The second-order valence-electron chi connectivity index (χ2n) is 7.68. The lowest BCUT2D eigenvalue weighted by Crippen LogP contribution is -1.85. The predicted octanol–water partition coefficient (Wildman–Crippen LogP) is 9.30. The van der Waals surface area contributed by atoms with Crippen molar-refractivity contribution >= 4 is 47.8 Å². The molecule has 2 heteroatoms. The first-order valence-corrected chi connectivity index (χ1v) is 13.2. The number of benzene rings is 4. The molecule has 0 aliphatic heterocycles. The van der Waals surface area contributed by atoms with Crippen molar-refractivity contribution < 1.29 is 0 Å². The van der Waals surface area contributed by atoms with Crippen molar-refractivity contribution in [3.8, 4) is 0 Å². The van der Waals surface area contributed by atoms with Gasteiger partial charge in [0.15, 0.2) is 0 Å². The zero-order chi connectivity index (χ0) is 22.6. The van der Waals surface area contributed by atoms with Crippen molar-refractivity contribution in [3.05, 3.63) is 131 Å². The molecule has 0 N–H and O–H groups in total. The standard InChI is InChI=1S/C31H28S2/c1-3-8-26(9-4-1)12-14-28-16-20-30(21-17-28)32-24-7-25-33-31-22-18-29(19-23-31)15-13-27-10-5-2-6-11-27/h1-6,8-23H,7,24-25H2/b14-12+,15-13+. The highest BCUT2D eigenvalue weighted by atomic mass is 32.2. The van der Waals surface area contributed by atoms with Gasteiger partial charge in [-0.25, -0.2) is 0 Å². The Kier molecular flexibility index (Phi) is 9.10. The van der Waals surface area contributed by atoms with Crippen molar-refractivity contribution in [2.75, 3.05) is 11.5 Å². The van der Waals surface area contributed by atoms with Crippen LogP contribution in [0.25, 0.3) is 24.3 Å².